The van der Waals surface area contributed by atoms with E-state index in [1.807, 2.05) is 0 Å². The second-order valence-electron chi connectivity index (χ2n) is 3.53. The maximum absolute atomic E-state index is 6.27. The third-order valence-corrected chi connectivity index (χ3v) is 3.70. The molecule has 1 aliphatic carbocycles. The van der Waals surface area contributed by atoms with E-state index in [4.69, 9.17) is 11.6 Å². The van der Waals surface area contributed by atoms with Gasteiger partial charge in [-0.1, -0.05) is 13.8 Å². The molecule has 0 saturated heterocycles. The summed E-state index contributed by atoms with van der Waals surface area (Å²) in [4.78, 5) is 0.0833. The summed E-state index contributed by atoms with van der Waals surface area (Å²) in [5, 5.41) is 0. The molecule has 0 heterocycles. The molecule has 0 radical (unpaired) electrons. The van der Waals surface area contributed by atoms with Crippen LogP contribution in [0.4, 0.5) is 0 Å². The number of alkyl halides is 1. The summed E-state index contributed by atoms with van der Waals surface area (Å²) in [7, 11) is 0. The average molecular weight is 147 g/mol. The van der Waals surface area contributed by atoms with Crippen LogP contribution in [-0.2, 0) is 0 Å². The van der Waals surface area contributed by atoms with Gasteiger partial charge in [-0.25, -0.2) is 0 Å². The molecule has 1 heteroatoms. The zero-order chi connectivity index (χ0) is 7.07. The summed E-state index contributed by atoms with van der Waals surface area (Å²) in [6, 6.07) is 0. The molecule has 0 nitrogen and oxygen atoms in total. The lowest BCUT2D eigenvalue weighted by atomic mass is 9.93. The first kappa shape index (κ1) is 7.40. The molecule has 54 valence electrons. The van der Waals surface area contributed by atoms with E-state index in [2.05, 4.69) is 20.8 Å². The quantitative estimate of drug-likeness (QED) is 0.461. The molecule has 0 aromatic carbocycles. The summed E-state index contributed by atoms with van der Waals surface area (Å²) >= 11 is 6.27. The summed E-state index contributed by atoms with van der Waals surface area (Å²) in [5.74, 6) is 1.41. The summed E-state index contributed by atoms with van der Waals surface area (Å²) in [5.41, 5.74) is 0. The van der Waals surface area contributed by atoms with Crippen molar-refractivity contribution in [3.05, 3.63) is 0 Å². The minimum absolute atomic E-state index is 0.0833. The number of hydrogen-bond donors (Lipinski definition) is 0. The summed E-state index contributed by atoms with van der Waals surface area (Å²) < 4.78 is 0. The minimum atomic E-state index is 0.0833. The minimum Gasteiger partial charge on any atom is -0.119 e. The van der Waals surface area contributed by atoms with Crippen LogP contribution in [0.3, 0.4) is 0 Å². The Kier molecular flexibility index (Phi) is 1.77. The van der Waals surface area contributed by atoms with Gasteiger partial charge in [0.25, 0.3) is 0 Å². The average Bonchev–Trinajstić information content (AvgIpc) is 1.96. The van der Waals surface area contributed by atoms with Gasteiger partial charge in [-0.3, -0.25) is 0 Å². The maximum Gasteiger partial charge on any atom is 0.0469 e. The zero-order valence-electron chi connectivity index (χ0n) is 6.45. The molecule has 2 atom stereocenters. The highest BCUT2D eigenvalue weighted by molar-refractivity contribution is 6.24. The Bertz CT molecular complexity index is 95.1. The third-order valence-electron chi connectivity index (χ3n) is 2.96. The summed E-state index contributed by atoms with van der Waals surface area (Å²) in [6.07, 6.45) is 2.61. The highest BCUT2D eigenvalue weighted by Gasteiger charge is 2.39. The van der Waals surface area contributed by atoms with Gasteiger partial charge in [0.15, 0.2) is 0 Å². The van der Waals surface area contributed by atoms with E-state index in [0.29, 0.717) is 11.8 Å². The van der Waals surface area contributed by atoms with Crippen LogP contribution in [0.1, 0.15) is 33.6 Å². The second kappa shape index (κ2) is 2.16. The predicted molar refractivity (Wildman–Crippen MR) is 41.8 cm³/mol. The van der Waals surface area contributed by atoms with E-state index in [1.54, 1.807) is 0 Å². The van der Waals surface area contributed by atoms with Crippen LogP contribution in [0.2, 0.25) is 0 Å². The van der Waals surface area contributed by atoms with Crippen LogP contribution in [0.5, 0.6) is 0 Å². The monoisotopic (exact) mass is 146 g/mol. The lowest BCUT2D eigenvalue weighted by Crippen LogP contribution is -2.25. The number of halogens is 1. The highest BCUT2D eigenvalue weighted by atomic mass is 35.5. The van der Waals surface area contributed by atoms with Gasteiger partial charge in [-0.05, 0) is 31.6 Å². The van der Waals surface area contributed by atoms with E-state index in [1.165, 1.54) is 12.8 Å². The van der Waals surface area contributed by atoms with Crippen LogP contribution in [0.15, 0.2) is 0 Å². The van der Waals surface area contributed by atoms with Crippen molar-refractivity contribution in [2.45, 2.75) is 38.5 Å². The van der Waals surface area contributed by atoms with Crippen molar-refractivity contribution in [1.82, 2.24) is 0 Å². The van der Waals surface area contributed by atoms with Gasteiger partial charge in [-0.15, -0.1) is 11.6 Å². The fraction of sp³-hybridized carbons (Fsp3) is 1.00. The fourth-order valence-corrected chi connectivity index (χ4v) is 1.77. The third kappa shape index (κ3) is 1.10. The molecule has 1 rings (SSSR count). The second-order valence-corrected chi connectivity index (χ2v) is 4.35. The molecule has 0 N–H and O–H groups in total. The Morgan fingerprint density at radius 2 is 1.56 bits per heavy atom. The Hall–Kier alpha value is 0.290. The van der Waals surface area contributed by atoms with Crippen molar-refractivity contribution < 1.29 is 0 Å². The molecular formula is C8H15Cl. The zero-order valence-corrected chi connectivity index (χ0v) is 7.20. The first-order valence-electron chi connectivity index (χ1n) is 3.74. The van der Waals surface area contributed by atoms with Crippen LogP contribution in [-0.4, -0.2) is 4.87 Å². The normalized spacial score (nSPS) is 52.0. The Morgan fingerprint density at radius 3 is 1.67 bits per heavy atom. The Balaban J connectivity index is 2.66. The van der Waals surface area contributed by atoms with Crippen molar-refractivity contribution in [2.75, 3.05) is 0 Å². The molecule has 1 aliphatic rings. The predicted octanol–water partition coefficient (Wildman–Crippen LogP) is 3.05. The summed E-state index contributed by atoms with van der Waals surface area (Å²) in [6.45, 7) is 6.66. The molecule has 0 aromatic heterocycles. The van der Waals surface area contributed by atoms with Crippen LogP contribution in [0.25, 0.3) is 0 Å². The van der Waals surface area contributed by atoms with E-state index in [-0.39, 0.29) is 4.87 Å². The first-order valence-corrected chi connectivity index (χ1v) is 4.12. The van der Waals surface area contributed by atoms with Gasteiger partial charge >= 0.3 is 0 Å². The number of hydrogen-bond acceptors (Lipinski definition) is 0. The van der Waals surface area contributed by atoms with Crippen molar-refractivity contribution in [3.8, 4) is 0 Å². The molecule has 0 aliphatic heterocycles. The van der Waals surface area contributed by atoms with Crippen molar-refractivity contribution in [3.63, 3.8) is 0 Å². The fourth-order valence-electron chi connectivity index (χ4n) is 1.55. The standard InChI is InChI=1S/C8H15Cl/c1-6-4-5-7(2)8(6,3)9/h6-7H,4-5H2,1-3H3. The molecule has 1 fully saturated rings. The van der Waals surface area contributed by atoms with Gasteiger partial charge in [0.1, 0.15) is 0 Å². The number of rotatable bonds is 0. The van der Waals surface area contributed by atoms with E-state index >= 15 is 0 Å². The lowest BCUT2D eigenvalue weighted by molar-refractivity contribution is 0.419. The van der Waals surface area contributed by atoms with Gasteiger partial charge in [0.2, 0.25) is 0 Å². The molecule has 0 amide bonds. The van der Waals surface area contributed by atoms with Crippen molar-refractivity contribution in [2.24, 2.45) is 11.8 Å². The molecule has 0 spiro atoms. The van der Waals surface area contributed by atoms with E-state index in [0.717, 1.165) is 0 Å². The van der Waals surface area contributed by atoms with Gasteiger partial charge < -0.3 is 0 Å². The van der Waals surface area contributed by atoms with Gasteiger partial charge in [0, 0.05) is 4.87 Å². The van der Waals surface area contributed by atoms with Crippen LogP contribution >= 0.6 is 11.6 Å². The van der Waals surface area contributed by atoms with E-state index in [9.17, 15) is 0 Å². The first-order chi connectivity index (χ1) is 4.05. The van der Waals surface area contributed by atoms with Crippen LogP contribution < -0.4 is 0 Å². The van der Waals surface area contributed by atoms with Gasteiger partial charge in [0.05, 0.1) is 0 Å². The lowest BCUT2D eigenvalue weighted by Gasteiger charge is -2.25. The van der Waals surface area contributed by atoms with Crippen molar-refractivity contribution in [1.29, 1.82) is 0 Å². The highest BCUT2D eigenvalue weighted by Crippen LogP contribution is 2.44. The Morgan fingerprint density at radius 1 is 1.22 bits per heavy atom. The van der Waals surface area contributed by atoms with Gasteiger partial charge in [-0.2, -0.15) is 0 Å². The molecule has 9 heavy (non-hydrogen) atoms. The van der Waals surface area contributed by atoms with Crippen LogP contribution in [0, 0.1) is 11.8 Å². The topological polar surface area (TPSA) is 0 Å². The smallest absolute Gasteiger partial charge is 0.0469 e. The van der Waals surface area contributed by atoms with E-state index < -0.39 is 0 Å². The Labute approximate surface area is 62.6 Å². The SMILES string of the molecule is CC1CCC(C)C1(C)Cl. The molecule has 0 bridgehead atoms. The molecule has 1 saturated carbocycles. The molecular weight excluding hydrogens is 132 g/mol. The van der Waals surface area contributed by atoms with Crippen molar-refractivity contribution >= 4 is 11.6 Å². The molecule has 2 unspecified atom stereocenters. The maximum atomic E-state index is 6.27. The molecule has 0 aromatic rings. The largest absolute Gasteiger partial charge is 0.119 e.